The maximum absolute atomic E-state index is 13.1. The first-order valence-corrected chi connectivity index (χ1v) is 13.0. The third kappa shape index (κ3) is 3.73. The zero-order chi connectivity index (χ0) is 22.8. The molecule has 3 aliphatic carbocycles. The number of aryl methyl sites for hydroxylation is 1. The zero-order valence-corrected chi connectivity index (χ0v) is 20.5. The average Bonchev–Trinajstić information content (AvgIpc) is 3.12. The number of allylic oxidation sites excluding steroid dienone is 2. The van der Waals surface area contributed by atoms with E-state index >= 15 is 0 Å². The van der Waals surface area contributed by atoms with Crippen LogP contribution in [0.5, 0.6) is 0 Å². The molecule has 0 aliphatic heterocycles. The molecular weight excluding hydrogens is 409 g/mol. The maximum Gasteiger partial charge on any atom is 0.360 e. The van der Waals surface area contributed by atoms with Crippen molar-refractivity contribution in [2.75, 3.05) is 19.1 Å². The topological polar surface area (TPSA) is 66.8 Å². The molecule has 1 aromatic rings. The summed E-state index contributed by atoms with van der Waals surface area (Å²) in [5, 5.41) is 0.232. The van der Waals surface area contributed by atoms with Crippen LogP contribution in [-0.2, 0) is 20.3 Å². The molecule has 1 aromatic carbocycles. The molecule has 170 valence electrons. The van der Waals surface area contributed by atoms with Crippen molar-refractivity contribution in [3.05, 3.63) is 35.4 Å². The normalized spacial score (nSPS) is 31.4. The second kappa shape index (κ2) is 7.57. The first kappa shape index (κ1) is 22.8. The number of fused-ring (bicyclic) bond motifs is 5. The highest BCUT2D eigenvalue weighted by Gasteiger charge is 2.49. The maximum atomic E-state index is 13.1. The van der Waals surface area contributed by atoms with Gasteiger partial charge < -0.3 is 14.3 Å². The number of rotatable bonds is 3. The van der Waals surface area contributed by atoms with Gasteiger partial charge in [0.15, 0.2) is 0 Å². The Hall–Kier alpha value is -1.42. The first-order chi connectivity index (χ1) is 14.4. The lowest BCUT2D eigenvalue weighted by molar-refractivity contribution is -0.125. The fourth-order valence-electron chi connectivity index (χ4n) is 6.28. The Morgan fingerprint density at radius 3 is 2.65 bits per heavy atom. The molecule has 31 heavy (non-hydrogen) atoms. The molecule has 5 atom stereocenters. The van der Waals surface area contributed by atoms with Crippen molar-refractivity contribution < 1.29 is 18.8 Å². The Labute approximate surface area is 186 Å². The van der Waals surface area contributed by atoms with E-state index in [1.165, 1.54) is 19.1 Å². The lowest BCUT2D eigenvalue weighted by atomic mass is 9.56. The molecule has 1 amide bonds. The summed E-state index contributed by atoms with van der Waals surface area (Å²) in [6.45, 7) is 8.00. The highest BCUT2D eigenvalue weighted by molar-refractivity contribution is 7.61. The smallest absolute Gasteiger partial charge is 0.321 e. The fraction of sp³-hybridized carbons (Fsp3) is 0.640. The number of hydrogen-bond donors (Lipinski definition) is 1. The molecule has 4 rings (SSSR count). The van der Waals surface area contributed by atoms with Crippen LogP contribution in [0.2, 0.25) is 0 Å². The summed E-state index contributed by atoms with van der Waals surface area (Å²) in [6.07, 6.45) is 10.2. The van der Waals surface area contributed by atoms with Gasteiger partial charge in [-0.15, -0.1) is 0 Å². The summed E-state index contributed by atoms with van der Waals surface area (Å²) in [4.78, 5) is 25.2. The lowest BCUT2D eigenvalue weighted by Gasteiger charge is -2.49. The van der Waals surface area contributed by atoms with Gasteiger partial charge in [-0.3, -0.25) is 9.36 Å². The number of carbonyl (C=O) groups excluding carboxylic acids is 1. The number of carbonyl (C=O) groups is 1. The molecule has 0 aromatic heterocycles. The third-order valence-electron chi connectivity index (χ3n) is 8.01. The molecule has 0 spiro atoms. The number of amides is 1. The van der Waals surface area contributed by atoms with Gasteiger partial charge in [0, 0.05) is 19.6 Å². The van der Waals surface area contributed by atoms with Crippen molar-refractivity contribution in [1.29, 1.82) is 0 Å². The van der Waals surface area contributed by atoms with Gasteiger partial charge in [-0.1, -0.05) is 39.8 Å². The van der Waals surface area contributed by atoms with E-state index in [1.807, 2.05) is 32.9 Å². The van der Waals surface area contributed by atoms with Gasteiger partial charge in [-0.25, -0.2) is 0 Å². The molecule has 5 nitrogen and oxygen atoms in total. The van der Waals surface area contributed by atoms with Gasteiger partial charge in [0.25, 0.3) is 0 Å². The second-order valence-electron chi connectivity index (χ2n) is 11.0. The summed E-state index contributed by atoms with van der Waals surface area (Å²) in [7, 11) is -1.07. The highest BCUT2D eigenvalue weighted by Crippen LogP contribution is 2.59. The minimum Gasteiger partial charge on any atom is -0.321 e. The van der Waals surface area contributed by atoms with Gasteiger partial charge in [0.05, 0.1) is 11.0 Å². The molecule has 0 radical (unpaired) electrons. The van der Waals surface area contributed by atoms with Crippen LogP contribution < -0.4 is 10.2 Å². The SMILES string of the molecule is COP(=O)(O)c1cc2c(cc1N(C)C(=O)C(C)(C)C)C1CC[C@]3(C)C=CCC3C1CC2. The van der Waals surface area contributed by atoms with Crippen molar-refractivity contribution in [3.8, 4) is 0 Å². The van der Waals surface area contributed by atoms with E-state index < -0.39 is 13.0 Å². The molecule has 3 aliphatic rings. The monoisotopic (exact) mass is 445 g/mol. The Morgan fingerprint density at radius 2 is 2.00 bits per heavy atom. The molecule has 0 heterocycles. The highest BCUT2D eigenvalue weighted by atomic mass is 31.2. The van der Waals surface area contributed by atoms with E-state index in [1.54, 1.807) is 11.9 Å². The number of anilines is 1. The summed E-state index contributed by atoms with van der Waals surface area (Å²) in [6, 6.07) is 3.87. The molecule has 1 N–H and O–H groups in total. The van der Waals surface area contributed by atoms with Crippen LogP contribution in [0.15, 0.2) is 24.3 Å². The number of nitrogens with zero attached hydrogens (tertiary/aromatic N) is 1. The van der Waals surface area contributed by atoms with Crippen LogP contribution in [0, 0.1) is 22.7 Å². The minimum atomic E-state index is -4.02. The molecule has 1 fully saturated rings. The van der Waals surface area contributed by atoms with Crippen LogP contribution in [0.4, 0.5) is 5.69 Å². The predicted octanol–water partition coefficient (Wildman–Crippen LogP) is 5.17. The van der Waals surface area contributed by atoms with E-state index in [4.69, 9.17) is 4.52 Å². The standard InChI is InChI=1S/C25H36NO4P/c1-24(2,3)23(27)26(5)21-15-19-16(14-22(21)31(28,29)30-6)9-10-18-17(19)11-13-25(4)12-7-8-20(18)25/h7,12,14-15,17-18,20H,8-11,13H2,1-6H3,(H,28,29)/t17?,18?,20?,25-/m0/s1. The summed E-state index contributed by atoms with van der Waals surface area (Å²) >= 11 is 0. The minimum absolute atomic E-state index is 0.0895. The van der Waals surface area contributed by atoms with Gasteiger partial charge in [0.2, 0.25) is 5.91 Å². The van der Waals surface area contributed by atoms with Crippen LogP contribution in [0.1, 0.15) is 70.4 Å². The Kier molecular flexibility index (Phi) is 5.56. The zero-order valence-electron chi connectivity index (χ0n) is 19.6. The van der Waals surface area contributed by atoms with E-state index in [2.05, 4.69) is 19.1 Å². The predicted molar refractivity (Wildman–Crippen MR) is 125 cm³/mol. The quantitative estimate of drug-likeness (QED) is 0.515. The van der Waals surface area contributed by atoms with Crippen LogP contribution in [0.25, 0.3) is 0 Å². The van der Waals surface area contributed by atoms with Crippen LogP contribution in [-0.4, -0.2) is 25.0 Å². The van der Waals surface area contributed by atoms with Gasteiger partial charge in [-0.05, 0) is 78.5 Å². The number of benzene rings is 1. The summed E-state index contributed by atoms with van der Waals surface area (Å²) in [5.41, 5.74) is 2.60. The molecule has 1 saturated carbocycles. The summed E-state index contributed by atoms with van der Waals surface area (Å²) in [5.74, 6) is 1.63. The van der Waals surface area contributed by atoms with Gasteiger partial charge >= 0.3 is 7.60 Å². The van der Waals surface area contributed by atoms with E-state index in [9.17, 15) is 14.3 Å². The number of hydrogen-bond acceptors (Lipinski definition) is 3. The third-order valence-corrected chi connectivity index (χ3v) is 9.47. The van der Waals surface area contributed by atoms with Crippen molar-refractivity contribution in [2.45, 2.75) is 65.7 Å². The van der Waals surface area contributed by atoms with Crippen LogP contribution in [0.3, 0.4) is 0 Å². The largest absolute Gasteiger partial charge is 0.360 e. The lowest BCUT2D eigenvalue weighted by Crippen LogP contribution is -2.41. The van der Waals surface area contributed by atoms with Crippen molar-refractivity contribution in [2.24, 2.45) is 22.7 Å². The van der Waals surface area contributed by atoms with Crippen LogP contribution >= 0.6 is 7.60 Å². The molecular formula is C25H36NO4P. The molecule has 4 unspecified atom stereocenters. The molecule has 6 heteroatoms. The van der Waals surface area contributed by atoms with Crippen molar-refractivity contribution in [1.82, 2.24) is 0 Å². The molecule has 0 bridgehead atoms. The summed E-state index contributed by atoms with van der Waals surface area (Å²) < 4.78 is 17.9. The Morgan fingerprint density at radius 1 is 1.29 bits per heavy atom. The average molecular weight is 446 g/mol. The van der Waals surface area contributed by atoms with Gasteiger partial charge in [0.1, 0.15) is 0 Å². The molecule has 0 saturated heterocycles. The Balaban J connectivity index is 1.81. The van der Waals surface area contributed by atoms with Crippen molar-refractivity contribution in [3.63, 3.8) is 0 Å². The van der Waals surface area contributed by atoms with E-state index in [0.717, 1.165) is 31.2 Å². The van der Waals surface area contributed by atoms with E-state index in [-0.39, 0.29) is 11.2 Å². The van der Waals surface area contributed by atoms with Gasteiger partial charge in [-0.2, -0.15) is 0 Å². The first-order valence-electron chi connectivity index (χ1n) is 11.4. The second-order valence-corrected chi connectivity index (χ2v) is 12.8. The van der Waals surface area contributed by atoms with E-state index in [0.29, 0.717) is 28.9 Å². The Bertz CT molecular complexity index is 978. The fourth-order valence-corrected chi connectivity index (χ4v) is 7.30. The van der Waals surface area contributed by atoms with Crippen molar-refractivity contribution >= 4 is 24.5 Å².